The molecule has 1 aromatic carbocycles. The molecule has 8 nitrogen and oxygen atoms in total. The Bertz CT molecular complexity index is 1340. The van der Waals surface area contributed by atoms with Crippen molar-refractivity contribution in [3.8, 4) is 0 Å². The average molecular weight is 417 g/mol. The van der Waals surface area contributed by atoms with Crippen LogP contribution in [-0.2, 0) is 11.3 Å². The zero-order valence-electron chi connectivity index (χ0n) is 16.9. The first-order valence-corrected chi connectivity index (χ1v) is 9.53. The van der Waals surface area contributed by atoms with Gasteiger partial charge in [-0.05, 0) is 55.3 Å². The minimum atomic E-state index is -0.597. The van der Waals surface area contributed by atoms with Crippen molar-refractivity contribution in [3.63, 3.8) is 0 Å². The van der Waals surface area contributed by atoms with E-state index in [-0.39, 0.29) is 23.5 Å². The first-order chi connectivity index (χ1) is 14.9. The first kappa shape index (κ1) is 20.1. The summed E-state index contributed by atoms with van der Waals surface area (Å²) in [7, 11) is 0. The van der Waals surface area contributed by atoms with Crippen LogP contribution in [0.1, 0.15) is 37.7 Å². The van der Waals surface area contributed by atoms with Crippen molar-refractivity contribution in [1.29, 1.82) is 0 Å². The fraction of sp³-hybridized carbons (Fsp3) is 0.130. The highest BCUT2D eigenvalue weighted by molar-refractivity contribution is 6.03. The molecule has 0 unspecified atom stereocenters. The summed E-state index contributed by atoms with van der Waals surface area (Å²) in [6, 6.07) is 13.0. The molecule has 0 spiro atoms. The lowest BCUT2D eigenvalue weighted by Gasteiger charge is -2.10. The van der Waals surface area contributed by atoms with E-state index in [9.17, 15) is 14.4 Å². The number of fused-ring (bicyclic) bond motifs is 1. The van der Waals surface area contributed by atoms with Gasteiger partial charge in [0.05, 0.1) is 17.5 Å². The van der Waals surface area contributed by atoms with Crippen molar-refractivity contribution in [2.24, 2.45) is 0 Å². The second-order valence-corrected chi connectivity index (χ2v) is 7.01. The van der Waals surface area contributed by atoms with Crippen LogP contribution < -0.4 is 10.9 Å². The smallest absolute Gasteiger partial charge is 0.338 e. The van der Waals surface area contributed by atoms with Gasteiger partial charge in [-0.15, -0.1) is 0 Å². The average Bonchev–Trinajstić information content (AvgIpc) is 3.29. The highest BCUT2D eigenvalue weighted by atomic mass is 16.5. The summed E-state index contributed by atoms with van der Waals surface area (Å²) in [5.74, 6) is -0.855. The van der Waals surface area contributed by atoms with Gasteiger partial charge in [0.1, 0.15) is 12.3 Å². The van der Waals surface area contributed by atoms with Crippen LogP contribution >= 0.6 is 0 Å². The Balaban J connectivity index is 1.50. The predicted molar refractivity (Wildman–Crippen MR) is 113 cm³/mol. The topological polar surface area (TPSA) is 103 Å². The number of hydrogen-bond donors (Lipinski definition) is 1. The van der Waals surface area contributed by atoms with Crippen molar-refractivity contribution in [2.75, 3.05) is 5.32 Å². The van der Waals surface area contributed by atoms with E-state index in [0.29, 0.717) is 17.0 Å². The van der Waals surface area contributed by atoms with Crippen molar-refractivity contribution in [1.82, 2.24) is 9.38 Å². The molecule has 0 fully saturated rings. The normalized spacial score (nSPS) is 10.8. The van der Waals surface area contributed by atoms with Crippen LogP contribution in [0.4, 0.5) is 5.69 Å². The highest BCUT2D eigenvalue weighted by Crippen LogP contribution is 2.19. The molecular weight excluding hydrogens is 398 g/mol. The lowest BCUT2D eigenvalue weighted by atomic mass is 10.1. The van der Waals surface area contributed by atoms with E-state index in [1.165, 1.54) is 22.8 Å². The first-order valence-electron chi connectivity index (χ1n) is 9.53. The van der Waals surface area contributed by atoms with Gasteiger partial charge < -0.3 is 14.5 Å². The molecule has 4 aromatic rings. The number of anilines is 1. The third kappa shape index (κ3) is 4.23. The van der Waals surface area contributed by atoms with E-state index < -0.39 is 11.9 Å². The molecule has 1 N–H and O–H groups in total. The molecule has 31 heavy (non-hydrogen) atoms. The number of pyridine rings is 1. The molecule has 0 aliphatic heterocycles. The van der Waals surface area contributed by atoms with Gasteiger partial charge >= 0.3 is 5.97 Å². The molecule has 156 valence electrons. The van der Waals surface area contributed by atoms with Gasteiger partial charge in [0.2, 0.25) is 0 Å². The van der Waals surface area contributed by atoms with Gasteiger partial charge in [0.25, 0.3) is 11.5 Å². The summed E-state index contributed by atoms with van der Waals surface area (Å²) in [6.45, 7) is 3.50. The quantitative estimate of drug-likeness (QED) is 0.499. The molecule has 0 aliphatic rings. The molecule has 0 saturated carbocycles. The molecule has 3 aromatic heterocycles. The summed E-state index contributed by atoms with van der Waals surface area (Å²) >= 11 is 0. The summed E-state index contributed by atoms with van der Waals surface area (Å²) < 4.78 is 11.9. The number of benzene rings is 1. The maximum atomic E-state index is 12.5. The Morgan fingerprint density at radius 1 is 1.10 bits per heavy atom. The number of aryl methyl sites for hydroxylation is 2. The molecule has 0 bridgehead atoms. The lowest BCUT2D eigenvalue weighted by Crippen LogP contribution is -2.17. The molecule has 0 atom stereocenters. The standard InChI is InChI=1S/C23H19N3O5/c1-14-7-8-16(11-18(14)25-22(28)19-6-4-10-30-19)23(29)31-13-17-12-20(27)26-9-3-5-15(2)21(26)24-17/h3-12H,13H2,1-2H3,(H,25,28). The molecule has 0 saturated heterocycles. The van der Waals surface area contributed by atoms with Gasteiger partial charge in [0.15, 0.2) is 5.76 Å². The molecular formula is C23H19N3O5. The van der Waals surface area contributed by atoms with Crippen molar-refractivity contribution in [2.45, 2.75) is 20.5 Å². The van der Waals surface area contributed by atoms with E-state index >= 15 is 0 Å². The number of nitrogens with zero attached hydrogens (tertiary/aromatic N) is 2. The number of ether oxygens (including phenoxy) is 1. The van der Waals surface area contributed by atoms with Gasteiger partial charge in [-0.1, -0.05) is 12.1 Å². The van der Waals surface area contributed by atoms with E-state index in [0.717, 1.165) is 11.1 Å². The van der Waals surface area contributed by atoms with E-state index in [1.54, 1.807) is 36.5 Å². The van der Waals surface area contributed by atoms with E-state index in [4.69, 9.17) is 9.15 Å². The molecule has 0 aliphatic carbocycles. The Kier molecular flexibility index (Phi) is 5.36. The van der Waals surface area contributed by atoms with Gasteiger partial charge in [-0.3, -0.25) is 14.0 Å². The fourth-order valence-corrected chi connectivity index (χ4v) is 3.08. The maximum absolute atomic E-state index is 12.5. The third-order valence-electron chi connectivity index (χ3n) is 4.76. The van der Waals surface area contributed by atoms with Crippen molar-refractivity contribution >= 4 is 23.2 Å². The van der Waals surface area contributed by atoms with Crippen molar-refractivity contribution in [3.05, 3.63) is 99.5 Å². The third-order valence-corrected chi connectivity index (χ3v) is 4.76. The van der Waals surface area contributed by atoms with Gasteiger partial charge in [-0.2, -0.15) is 0 Å². The van der Waals surface area contributed by atoms with Crippen LogP contribution in [0.15, 0.2) is 70.2 Å². The number of amides is 1. The number of rotatable bonds is 5. The zero-order chi connectivity index (χ0) is 22.0. The monoisotopic (exact) mass is 417 g/mol. The second kappa shape index (κ2) is 8.27. The Morgan fingerprint density at radius 3 is 2.71 bits per heavy atom. The van der Waals surface area contributed by atoms with Gasteiger partial charge in [-0.25, -0.2) is 9.78 Å². The maximum Gasteiger partial charge on any atom is 0.338 e. The summed E-state index contributed by atoms with van der Waals surface area (Å²) in [6.07, 6.45) is 3.04. The van der Waals surface area contributed by atoms with Crippen LogP contribution in [0.2, 0.25) is 0 Å². The van der Waals surface area contributed by atoms with Gasteiger partial charge in [0, 0.05) is 18.0 Å². The summed E-state index contributed by atoms with van der Waals surface area (Å²) in [4.78, 5) is 41.5. The van der Waals surface area contributed by atoms with Crippen LogP contribution in [-0.4, -0.2) is 21.3 Å². The number of hydrogen-bond acceptors (Lipinski definition) is 6. The Morgan fingerprint density at radius 2 is 1.94 bits per heavy atom. The minimum absolute atomic E-state index is 0.152. The number of furan rings is 1. The van der Waals surface area contributed by atoms with E-state index in [2.05, 4.69) is 10.3 Å². The van der Waals surface area contributed by atoms with Crippen LogP contribution in [0.5, 0.6) is 0 Å². The second-order valence-electron chi connectivity index (χ2n) is 7.01. The molecule has 8 heteroatoms. The van der Waals surface area contributed by atoms with Crippen molar-refractivity contribution < 1.29 is 18.7 Å². The largest absolute Gasteiger partial charge is 0.459 e. The molecule has 3 heterocycles. The number of aromatic nitrogens is 2. The number of carbonyl (C=O) groups is 2. The summed E-state index contributed by atoms with van der Waals surface area (Å²) in [5, 5.41) is 2.72. The van der Waals surface area contributed by atoms with Crippen LogP contribution in [0, 0.1) is 13.8 Å². The number of esters is 1. The zero-order valence-corrected chi connectivity index (χ0v) is 16.9. The van der Waals surface area contributed by atoms with Crippen LogP contribution in [0.3, 0.4) is 0 Å². The highest BCUT2D eigenvalue weighted by Gasteiger charge is 2.14. The number of carbonyl (C=O) groups excluding carboxylic acids is 2. The minimum Gasteiger partial charge on any atom is -0.459 e. The predicted octanol–water partition coefficient (Wildman–Crippen LogP) is 3.51. The fourth-order valence-electron chi connectivity index (χ4n) is 3.08. The number of nitrogens with one attached hydrogen (secondary N) is 1. The molecule has 1 amide bonds. The summed E-state index contributed by atoms with van der Waals surface area (Å²) in [5.41, 5.74) is 2.95. The molecule has 4 rings (SSSR count). The SMILES string of the molecule is Cc1ccc(C(=O)OCc2cc(=O)n3cccc(C)c3n2)cc1NC(=O)c1ccco1. The Labute approximate surface area is 177 Å². The Hall–Kier alpha value is -4.20. The van der Waals surface area contributed by atoms with E-state index in [1.807, 2.05) is 19.9 Å². The lowest BCUT2D eigenvalue weighted by molar-refractivity contribution is 0.0467. The van der Waals surface area contributed by atoms with Crippen LogP contribution in [0.25, 0.3) is 5.65 Å². The molecule has 0 radical (unpaired) electrons.